The van der Waals surface area contributed by atoms with Crippen molar-refractivity contribution in [3.05, 3.63) is 21.2 Å². The summed E-state index contributed by atoms with van der Waals surface area (Å²) in [6, 6.07) is 1.89. The van der Waals surface area contributed by atoms with Crippen LogP contribution in [-0.4, -0.2) is 32.7 Å². The number of hydrogen-bond acceptors (Lipinski definition) is 4. The molecule has 0 spiro atoms. The molecule has 1 aromatic rings. The van der Waals surface area contributed by atoms with Crippen LogP contribution in [0.15, 0.2) is 21.2 Å². The number of anilines is 1. The van der Waals surface area contributed by atoms with Gasteiger partial charge in [-0.25, -0.2) is 18.1 Å². The summed E-state index contributed by atoms with van der Waals surface area (Å²) in [6.07, 6.45) is 3.53. The number of pyridine rings is 1. The number of nitrogens with zero attached hydrogens (tertiary/aromatic N) is 1. The lowest BCUT2D eigenvalue weighted by atomic mass is 10.4. The van der Waals surface area contributed by atoms with E-state index in [2.05, 4.69) is 46.9 Å². The Balaban J connectivity index is 2.32. The van der Waals surface area contributed by atoms with Crippen LogP contribution in [-0.2, 0) is 10.0 Å². The molecule has 0 aliphatic heterocycles. The maximum absolute atomic E-state index is 10.8. The number of sulfonamides is 1. The van der Waals surface area contributed by atoms with E-state index in [1.165, 1.54) is 0 Å². The fraction of sp³-hybridized carbons (Fsp3) is 0.444. The molecule has 0 radical (unpaired) electrons. The minimum atomic E-state index is -3.09. The van der Waals surface area contributed by atoms with Crippen LogP contribution in [0.3, 0.4) is 0 Å². The van der Waals surface area contributed by atoms with Gasteiger partial charge in [-0.15, -0.1) is 0 Å². The smallest absolute Gasteiger partial charge is 0.208 e. The average molecular weight is 387 g/mol. The van der Waals surface area contributed by atoms with E-state index in [1.807, 2.05) is 6.07 Å². The van der Waals surface area contributed by atoms with E-state index in [0.717, 1.165) is 21.0 Å². The predicted molar refractivity (Wildman–Crippen MR) is 75.6 cm³/mol. The SMILES string of the molecule is CS(=O)(=O)NCCCNc1ncc(Br)cc1Br. The molecule has 1 heterocycles. The number of hydrogen-bond donors (Lipinski definition) is 2. The molecule has 2 N–H and O–H groups in total. The van der Waals surface area contributed by atoms with Crippen LogP contribution in [0.4, 0.5) is 5.82 Å². The molecule has 1 aromatic heterocycles. The highest BCUT2D eigenvalue weighted by Crippen LogP contribution is 2.23. The maximum Gasteiger partial charge on any atom is 0.208 e. The van der Waals surface area contributed by atoms with Crippen molar-refractivity contribution < 1.29 is 8.42 Å². The fourth-order valence-corrected chi connectivity index (χ4v) is 2.74. The summed E-state index contributed by atoms with van der Waals surface area (Å²) in [4.78, 5) is 4.18. The lowest BCUT2D eigenvalue weighted by Crippen LogP contribution is -2.24. The van der Waals surface area contributed by atoms with E-state index in [9.17, 15) is 8.42 Å². The van der Waals surface area contributed by atoms with Gasteiger partial charge in [0.05, 0.1) is 10.7 Å². The zero-order chi connectivity index (χ0) is 12.9. The van der Waals surface area contributed by atoms with Crippen LogP contribution in [0.25, 0.3) is 0 Å². The quantitative estimate of drug-likeness (QED) is 0.733. The topological polar surface area (TPSA) is 71.1 Å². The average Bonchev–Trinajstić information content (AvgIpc) is 2.18. The van der Waals surface area contributed by atoms with Gasteiger partial charge in [-0.1, -0.05) is 0 Å². The van der Waals surface area contributed by atoms with E-state index >= 15 is 0 Å². The molecular formula is C9H13Br2N3O2S. The Morgan fingerprint density at radius 2 is 2.06 bits per heavy atom. The highest BCUT2D eigenvalue weighted by molar-refractivity contribution is 9.11. The van der Waals surface area contributed by atoms with Gasteiger partial charge >= 0.3 is 0 Å². The molecule has 5 nitrogen and oxygen atoms in total. The first-order valence-electron chi connectivity index (χ1n) is 4.88. The largest absolute Gasteiger partial charge is 0.369 e. The van der Waals surface area contributed by atoms with Gasteiger partial charge in [0.1, 0.15) is 5.82 Å². The second kappa shape index (κ2) is 6.67. The zero-order valence-electron chi connectivity index (χ0n) is 9.20. The first kappa shape index (κ1) is 14.9. The van der Waals surface area contributed by atoms with E-state index in [-0.39, 0.29) is 0 Å². The van der Waals surface area contributed by atoms with Crippen LogP contribution in [0.5, 0.6) is 0 Å². The predicted octanol–water partition coefficient (Wildman–Crippen LogP) is 1.96. The van der Waals surface area contributed by atoms with Gasteiger partial charge in [-0.3, -0.25) is 0 Å². The summed E-state index contributed by atoms with van der Waals surface area (Å²) >= 11 is 6.70. The van der Waals surface area contributed by atoms with Gasteiger partial charge < -0.3 is 5.32 Å². The lowest BCUT2D eigenvalue weighted by molar-refractivity contribution is 0.586. The van der Waals surface area contributed by atoms with E-state index in [0.29, 0.717) is 19.5 Å². The molecule has 8 heteroatoms. The molecule has 0 bridgehead atoms. The highest BCUT2D eigenvalue weighted by Gasteiger charge is 2.02. The number of nitrogens with one attached hydrogen (secondary N) is 2. The van der Waals surface area contributed by atoms with Crippen molar-refractivity contribution in [1.82, 2.24) is 9.71 Å². The first-order valence-corrected chi connectivity index (χ1v) is 8.36. The molecule has 0 aromatic carbocycles. The van der Waals surface area contributed by atoms with Crippen molar-refractivity contribution in [1.29, 1.82) is 0 Å². The Labute approximate surface area is 118 Å². The van der Waals surface area contributed by atoms with Crippen molar-refractivity contribution in [2.24, 2.45) is 0 Å². The molecule has 0 amide bonds. The summed E-state index contributed by atoms with van der Waals surface area (Å²) in [5, 5.41) is 3.11. The van der Waals surface area contributed by atoms with Gasteiger partial charge in [-0.05, 0) is 44.3 Å². The third-order valence-corrected chi connectivity index (χ3v) is 3.58. The minimum absolute atomic E-state index is 0.417. The minimum Gasteiger partial charge on any atom is -0.369 e. The molecular weight excluding hydrogens is 374 g/mol. The van der Waals surface area contributed by atoms with Crippen LogP contribution in [0.1, 0.15) is 6.42 Å². The van der Waals surface area contributed by atoms with Crippen molar-refractivity contribution in [3.63, 3.8) is 0 Å². The molecule has 1 rings (SSSR count). The highest BCUT2D eigenvalue weighted by atomic mass is 79.9. The van der Waals surface area contributed by atoms with Crippen molar-refractivity contribution in [2.75, 3.05) is 24.7 Å². The van der Waals surface area contributed by atoms with E-state index in [4.69, 9.17) is 0 Å². The van der Waals surface area contributed by atoms with Gasteiger partial charge in [0, 0.05) is 23.8 Å². The summed E-state index contributed by atoms with van der Waals surface area (Å²) < 4.78 is 25.8. The Morgan fingerprint density at radius 3 is 2.65 bits per heavy atom. The molecule has 0 fully saturated rings. The maximum atomic E-state index is 10.8. The van der Waals surface area contributed by atoms with Crippen LogP contribution < -0.4 is 10.0 Å². The van der Waals surface area contributed by atoms with Crippen molar-refractivity contribution in [2.45, 2.75) is 6.42 Å². The molecule has 0 atom stereocenters. The van der Waals surface area contributed by atoms with Crippen LogP contribution >= 0.6 is 31.9 Å². The normalized spacial score (nSPS) is 11.5. The van der Waals surface area contributed by atoms with Gasteiger partial charge in [0.15, 0.2) is 0 Å². The van der Waals surface area contributed by atoms with Crippen molar-refractivity contribution in [3.8, 4) is 0 Å². The molecule has 0 saturated carbocycles. The fourth-order valence-electron chi connectivity index (χ4n) is 1.10. The van der Waals surface area contributed by atoms with Crippen molar-refractivity contribution >= 4 is 47.7 Å². The van der Waals surface area contributed by atoms with E-state index in [1.54, 1.807) is 6.20 Å². The second-order valence-electron chi connectivity index (χ2n) is 3.43. The Kier molecular flexibility index (Phi) is 5.84. The summed E-state index contributed by atoms with van der Waals surface area (Å²) in [5.41, 5.74) is 0. The first-order chi connectivity index (χ1) is 7.88. The number of halogens is 2. The van der Waals surface area contributed by atoms with Gasteiger partial charge in [-0.2, -0.15) is 0 Å². The van der Waals surface area contributed by atoms with Gasteiger partial charge in [0.25, 0.3) is 0 Å². The summed E-state index contributed by atoms with van der Waals surface area (Å²) in [5.74, 6) is 0.743. The second-order valence-corrected chi connectivity index (χ2v) is 7.03. The molecule has 0 unspecified atom stereocenters. The zero-order valence-corrected chi connectivity index (χ0v) is 13.2. The molecule has 0 aliphatic carbocycles. The Hall–Kier alpha value is -0.180. The van der Waals surface area contributed by atoms with E-state index < -0.39 is 10.0 Å². The monoisotopic (exact) mass is 385 g/mol. The molecule has 17 heavy (non-hydrogen) atoms. The molecule has 0 aliphatic rings. The lowest BCUT2D eigenvalue weighted by Gasteiger charge is -2.07. The Bertz CT molecular complexity index is 479. The summed E-state index contributed by atoms with van der Waals surface area (Å²) in [7, 11) is -3.09. The Morgan fingerprint density at radius 1 is 1.35 bits per heavy atom. The van der Waals surface area contributed by atoms with Crippen LogP contribution in [0, 0.1) is 0 Å². The standard InChI is InChI=1S/C9H13Br2N3O2S/c1-17(15,16)14-4-2-3-12-9-8(11)5-7(10)6-13-9/h5-6,14H,2-4H2,1H3,(H,12,13). The third-order valence-electron chi connectivity index (χ3n) is 1.82. The summed E-state index contributed by atoms with van der Waals surface area (Å²) in [6.45, 7) is 1.07. The van der Waals surface area contributed by atoms with Gasteiger partial charge in [0.2, 0.25) is 10.0 Å². The number of rotatable bonds is 6. The number of aromatic nitrogens is 1. The molecule has 96 valence electrons. The van der Waals surface area contributed by atoms with Crippen LogP contribution in [0.2, 0.25) is 0 Å². The molecule has 0 saturated heterocycles. The third kappa shape index (κ3) is 6.35.